The monoisotopic (exact) mass is 235 g/mol. The maximum absolute atomic E-state index is 5.20. The van der Waals surface area contributed by atoms with Gasteiger partial charge in [0, 0.05) is 13.7 Å². The summed E-state index contributed by atoms with van der Waals surface area (Å²) >= 11 is 0. The summed E-state index contributed by atoms with van der Waals surface area (Å²) in [6.45, 7) is 5.01. The van der Waals surface area contributed by atoms with Gasteiger partial charge in [-0.2, -0.15) is 0 Å². The highest BCUT2D eigenvalue weighted by Gasteiger charge is 2.00. The van der Waals surface area contributed by atoms with Crippen LogP contribution in [0.25, 0.3) is 0 Å². The summed E-state index contributed by atoms with van der Waals surface area (Å²) in [6, 6.07) is 8.47. The van der Waals surface area contributed by atoms with Crippen molar-refractivity contribution in [1.29, 1.82) is 0 Å². The van der Waals surface area contributed by atoms with E-state index < -0.39 is 0 Å². The van der Waals surface area contributed by atoms with Gasteiger partial charge in [-0.05, 0) is 24.1 Å². The Bertz CT molecular complexity index is 299. The van der Waals surface area contributed by atoms with Crippen molar-refractivity contribution in [3.8, 4) is 0 Å². The van der Waals surface area contributed by atoms with E-state index in [4.69, 9.17) is 4.74 Å². The Balaban J connectivity index is 2.25. The van der Waals surface area contributed by atoms with Crippen LogP contribution in [0.3, 0.4) is 0 Å². The van der Waals surface area contributed by atoms with Gasteiger partial charge < -0.3 is 10.1 Å². The van der Waals surface area contributed by atoms with E-state index in [1.165, 1.54) is 36.8 Å². The summed E-state index contributed by atoms with van der Waals surface area (Å²) in [5, 5.41) is 3.50. The first-order valence-corrected chi connectivity index (χ1v) is 6.65. The quantitative estimate of drug-likeness (QED) is 0.661. The molecule has 0 aliphatic rings. The van der Waals surface area contributed by atoms with E-state index in [9.17, 15) is 0 Å². The van der Waals surface area contributed by atoms with E-state index >= 15 is 0 Å². The van der Waals surface area contributed by atoms with Crippen LogP contribution in [0.4, 0.5) is 0 Å². The molecule has 0 amide bonds. The highest BCUT2D eigenvalue weighted by atomic mass is 16.5. The lowest BCUT2D eigenvalue weighted by atomic mass is 10.1. The van der Waals surface area contributed by atoms with Crippen molar-refractivity contribution in [3.63, 3.8) is 0 Å². The van der Waals surface area contributed by atoms with Gasteiger partial charge in [0.15, 0.2) is 0 Å². The standard InChI is InChI=1S/C15H25NO/c1-3-4-5-8-11-16-12-14-9-6-7-10-15(14)13-17-2/h6-7,9-10,16H,3-5,8,11-13H2,1-2H3. The summed E-state index contributed by atoms with van der Waals surface area (Å²) in [4.78, 5) is 0. The van der Waals surface area contributed by atoms with Crippen LogP contribution in [-0.2, 0) is 17.9 Å². The van der Waals surface area contributed by atoms with E-state index in [1.807, 2.05) is 0 Å². The van der Waals surface area contributed by atoms with Gasteiger partial charge in [0.2, 0.25) is 0 Å². The van der Waals surface area contributed by atoms with Crippen molar-refractivity contribution in [2.45, 2.75) is 45.8 Å². The van der Waals surface area contributed by atoms with Crippen molar-refractivity contribution in [2.24, 2.45) is 0 Å². The molecule has 0 atom stereocenters. The first kappa shape index (κ1) is 14.2. The molecule has 2 heteroatoms. The normalized spacial score (nSPS) is 10.7. The number of benzene rings is 1. The Labute approximate surface area is 105 Å². The Morgan fingerprint density at radius 3 is 2.53 bits per heavy atom. The molecular formula is C15H25NO. The van der Waals surface area contributed by atoms with Gasteiger partial charge in [0.05, 0.1) is 6.61 Å². The molecule has 17 heavy (non-hydrogen) atoms. The molecule has 1 rings (SSSR count). The van der Waals surface area contributed by atoms with Gasteiger partial charge in [-0.15, -0.1) is 0 Å². The average molecular weight is 235 g/mol. The number of hydrogen-bond acceptors (Lipinski definition) is 2. The van der Waals surface area contributed by atoms with Crippen LogP contribution in [0.15, 0.2) is 24.3 Å². The zero-order valence-electron chi connectivity index (χ0n) is 11.2. The predicted octanol–water partition coefficient (Wildman–Crippen LogP) is 3.50. The predicted molar refractivity (Wildman–Crippen MR) is 73.0 cm³/mol. The Kier molecular flexibility index (Phi) is 7.69. The van der Waals surface area contributed by atoms with E-state index in [0.717, 1.165) is 13.1 Å². The number of methoxy groups -OCH3 is 1. The van der Waals surface area contributed by atoms with Crippen molar-refractivity contribution >= 4 is 0 Å². The third kappa shape index (κ3) is 5.85. The zero-order valence-corrected chi connectivity index (χ0v) is 11.2. The Hall–Kier alpha value is -0.860. The number of hydrogen-bond donors (Lipinski definition) is 1. The maximum atomic E-state index is 5.20. The third-order valence-electron chi connectivity index (χ3n) is 2.94. The molecule has 0 fully saturated rings. The Morgan fingerprint density at radius 2 is 1.82 bits per heavy atom. The van der Waals surface area contributed by atoms with Crippen molar-refractivity contribution in [3.05, 3.63) is 35.4 Å². The fraction of sp³-hybridized carbons (Fsp3) is 0.600. The van der Waals surface area contributed by atoms with Gasteiger partial charge in [-0.3, -0.25) is 0 Å². The number of rotatable bonds is 9. The van der Waals surface area contributed by atoms with Crippen LogP contribution in [0.5, 0.6) is 0 Å². The summed E-state index contributed by atoms with van der Waals surface area (Å²) < 4.78 is 5.20. The van der Waals surface area contributed by atoms with E-state index in [1.54, 1.807) is 7.11 Å². The van der Waals surface area contributed by atoms with Crippen molar-refractivity contribution in [1.82, 2.24) is 5.32 Å². The first-order valence-electron chi connectivity index (χ1n) is 6.65. The first-order chi connectivity index (χ1) is 8.38. The molecule has 1 aromatic rings. The smallest absolute Gasteiger partial charge is 0.0716 e. The molecule has 2 nitrogen and oxygen atoms in total. The molecule has 96 valence electrons. The average Bonchev–Trinajstić information content (AvgIpc) is 2.36. The highest BCUT2D eigenvalue weighted by Crippen LogP contribution is 2.09. The molecule has 0 saturated carbocycles. The van der Waals surface area contributed by atoms with Crippen LogP contribution < -0.4 is 5.32 Å². The second-order valence-corrected chi connectivity index (χ2v) is 4.44. The van der Waals surface area contributed by atoms with E-state index in [0.29, 0.717) is 6.61 Å². The lowest BCUT2D eigenvalue weighted by molar-refractivity contribution is 0.184. The van der Waals surface area contributed by atoms with Gasteiger partial charge in [0.1, 0.15) is 0 Å². The van der Waals surface area contributed by atoms with Crippen LogP contribution >= 0.6 is 0 Å². The molecule has 0 spiro atoms. The van der Waals surface area contributed by atoms with Crippen LogP contribution in [0.2, 0.25) is 0 Å². The lowest BCUT2D eigenvalue weighted by Crippen LogP contribution is -2.16. The molecule has 0 aliphatic carbocycles. The van der Waals surface area contributed by atoms with Gasteiger partial charge in [-0.25, -0.2) is 0 Å². The minimum absolute atomic E-state index is 0.702. The second kappa shape index (κ2) is 9.20. The molecular weight excluding hydrogens is 210 g/mol. The third-order valence-corrected chi connectivity index (χ3v) is 2.94. The molecule has 0 aliphatic heterocycles. The van der Waals surface area contributed by atoms with Crippen LogP contribution in [0.1, 0.15) is 43.7 Å². The summed E-state index contributed by atoms with van der Waals surface area (Å²) in [5.74, 6) is 0. The van der Waals surface area contributed by atoms with Crippen LogP contribution in [0, 0.1) is 0 Å². The Morgan fingerprint density at radius 1 is 1.06 bits per heavy atom. The molecule has 0 bridgehead atoms. The highest BCUT2D eigenvalue weighted by molar-refractivity contribution is 5.26. The molecule has 1 N–H and O–H groups in total. The minimum atomic E-state index is 0.702. The van der Waals surface area contributed by atoms with Crippen LogP contribution in [-0.4, -0.2) is 13.7 Å². The van der Waals surface area contributed by atoms with Gasteiger partial charge >= 0.3 is 0 Å². The number of unbranched alkanes of at least 4 members (excludes halogenated alkanes) is 3. The fourth-order valence-electron chi connectivity index (χ4n) is 1.93. The number of nitrogens with one attached hydrogen (secondary N) is 1. The van der Waals surface area contributed by atoms with Gasteiger partial charge in [-0.1, -0.05) is 50.5 Å². The molecule has 0 radical (unpaired) electrons. The number of ether oxygens (including phenoxy) is 1. The summed E-state index contributed by atoms with van der Waals surface area (Å²) in [5.41, 5.74) is 2.64. The molecule has 0 unspecified atom stereocenters. The van der Waals surface area contributed by atoms with Crippen molar-refractivity contribution in [2.75, 3.05) is 13.7 Å². The van der Waals surface area contributed by atoms with Crippen molar-refractivity contribution < 1.29 is 4.74 Å². The fourth-order valence-corrected chi connectivity index (χ4v) is 1.93. The second-order valence-electron chi connectivity index (χ2n) is 4.44. The van der Waals surface area contributed by atoms with Gasteiger partial charge in [0.25, 0.3) is 0 Å². The zero-order chi connectivity index (χ0) is 12.3. The molecule has 0 heterocycles. The summed E-state index contributed by atoms with van der Waals surface area (Å²) in [6.07, 6.45) is 5.27. The molecule has 0 aromatic heterocycles. The maximum Gasteiger partial charge on any atom is 0.0716 e. The summed E-state index contributed by atoms with van der Waals surface area (Å²) in [7, 11) is 1.74. The molecule has 0 saturated heterocycles. The minimum Gasteiger partial charge on any atom is -0.380 e. The largest absolute Gasteiger partial charge is 0.380 e. The van der Waals surface area contributed by atoms with E-state index in [-0.39, 0.29) is 0 Å². The lowest BCUT2D eigenvalue weighted by Gasteiger charge is -2.09. The SMILES string of the molecule is CCCCCCNCc1ccccc1COC. The molecule has 1 aromatic carbocycles. The topological polar surface area (TPSA) is 21.3 Å². The van der Waals surface area contributed by atoms with E-state index in [2.05, 4.69) is 36.5 Å².